The van der Waals surface area contributed by atoms with E-state index >= 15 is 0 Å². The van der Waals surface area contributed by atoms with Gasteiger partial charge in [0.25, 0.3) is 0 Å². The molecule has 0 saturated heterocycles. The van der Waals surface area contributed by atoms with E-state index in [0.29, 0.717) is 5.56 Å². The Balaban J connectivity index is 2.34. The summed E-state index contributed by atoms with van der Waals surface area (Å²) in [5, 5.41) is 7.84. The SMILES string of the molecule is O=C(O)C(Cl)c1ccc(-c2ccccc2I)cc1. The van der Waals surface area contributed by atoms with Crippen molar-refractivity contribution in [2.24, 2.45) is 0 Å². The molecule has 0 aliphatic heterocycles. The highest BCUT2D eigenvalue weighted by atomic mass is 127. The first-order valence-corrected chi connectivity index (χ1v) is 6.83. The van der Waals surface area contributed by atoms with E-state index in [1.807, 2.05) is 36.4 Å². The molecule has 0 saturated carbocycles. The summed E-state index contributed by atoms with van der Waals surface area (Å²) >= 11 is 8.05. The second-order valence-electron chi connectivity index (χ2n) is 3.80. The Morgan fingerprint density at radius 2 is 1.72 bits per heavy atom. The van der Waals surface area contributed by atoms with Crippen molar-refractivity contribution in [3.63, 3.8) is 0 Å². The lowest BCUT2D eigenvalue weighted by atomic mass is 10.0. The van der Waals surface area contributed by atoms with Gasteiger partial charge in [0.05, 0.1) is 0 Å². The van der Waals surface area contributed by atoms with Crippen LogP contribution in [0.5, 0.6) is 0 Å². The number of benzene rings is 2. The Hall–Kier alpha value is -1.07. The molecule has 0 heterocycles. The summed E-state index contributed by atoms with van der Waals surface area (Å²) in [6.07, 6.45) is 0. The van der Waals surface area contributed by atoms with Gasteiger partial charge in [-0.05, 0) is 45.3 Å². The molecule has 0 fully saturated rings. The quantitative estimate of drug-likeness (QED) is 0.643. The molecule has 0 bridgehead atoms. The molecule has 1 atom stereocenters. The van der Waals surface area contributed by atoms with E-state index in [0.717, 1.165) is 14.7 Å². The van der Waals surface area contributed by atoms with Gasteiger partial charge in [-0.3, -0.25) is 4.79 Å². The molecule has 0 aliphatic carbocycles. The third-order valence-corrected chi connectivity index (χ3v) is 3.98. The molecule has 0 aromatic heterocycles. The van der Waals surface area contributed by atoms with Crippen LogP contribution in [-0.4, -0.2) is 11.1 Å². The van der Waals surface area contributed by atoms with Crippen molar-refractivity contribution in [3.8, 4) is 11.1 Å². The van der Waals surface area contributed by atoms with Crippen LogP contribution >= 0.6 is 34.2 Å². The van der Waals surface area contributed by atoms with Crippen LogP contribution < -0.4 is 0 Å². The molecule has 0 radical (unpaired) electrons. The first-order chi connectivity index (χ1) is 8.59. The Labute approximate surface area is 124 Å². The second-order valence-corrected chi connectivity index (χ2v) is 5.40. The van der Waals surface area contributed by atoms with Crippen molar-refractivity contribution in [1.29, 1.82) is 0 Å². The van der Waals surface area contributed by atoms with Gasteiger partial charge in [-0.15, -0.1) is 11.6 Å². The van der Waals surface area contributed by atoms with Crippen LogP contribution in [0.25, 0.3) is 11.1 Å². The van der Waals surface area contributed by atoms with E-state index in [1.165, 1.54) is 0 Å². The molecule has 92 valence electrons. The fourth-order valence-electron chi connectivity index (χ4n) is 1.67. The van der Waals surface area contributed by atoms with Crippen LogP contribution in [0.2, 0.25) is 0 Å². The predicted octanol–water partition coefficient (Wildman–Crippen LogP) is 4.32. The van der Waals surface area contributed by atoms with Crippen molar-refractivity contribution in [2.75, 3.05) is 0 Å². The number of halogens is 2. The fraction of sp³-hybridized carbons (Fsp3) is 0.0714. The molecule has 1 unspecified atom stereocenters. The van der Waals surface area contributed by atoms with E-state index in [9.17, 15) is 4.79 Å². The summed E-state index contributed by atoms with van der Waals surface area (Å²) in [5.74, 6) is -1.03. The zero-order valence-electron chi connectivity index (χ0n) is 9.31. The van der Waals surface area contributed by atoms with Crippen LogP contribution in [0, 0.1) is 3.57 Å². The molecular weight excluding hydrogens is 363 g/mol. The number of hydrogen-bond acceptors (Lipinski definition) is 1. The van der Waals surface area contributed by atoms with Gasteiger partial charge in [0.15, 0.2) is 5.38 Å². The highest BCUT2D eigenvalue weighted by molar-refractivity contribution is 14.1. The third-order valence-electron chi connectivity index (χ3n) is 2.61. The molecule has 2 aromatic rings. The number of carbonyl (C=O) groups is 1. The summed E-state index contributed by atoms with van der Waals surface area (Å²) in [5.41, 5.74) is 2.78. The third kappa shape index (κ3) is 2.84. The van der Waals surface area contributed by atoms with Gasteiger partial charge in [0.1, 0.15) is 0 Å². The van der Waals surface area contributed by atoms with Crippen LogP contribution in [0.1, 0.15) is 10.9 Å². The standard InChI is InChI=1S/C14H10ClIO2/c15-13(14(17)18)10-7-5-9(6-8-10)11-3-1-2-4-12(11)16/h1-8,13H,(H,17,18). The Morgan fingerprint density at radius 3 is 2.28 bits per heavy atom. The smallest absolute Gasteiger partial charge is 0.326 e. The molecule has 4 heteroatoms. The Bertz CT molecular complexity index is 566. The molecule has 18 heavy (non-hydrogen) atoms. The van der Waals surface area contributed by atoms with Crippen molar-refractivity contribution in [1.82, 2.24) is 0 Å². The summed E-state index contributed by atoms with van der Waals surface area (Å²) < 4.78 is 1.16. The monoisotopic (exact) mass is 372 g/mol. The molecule has 0 amide bonds. The van der Waals surface area contributed by atoms with E-state index in [-0.39, 0.29) is 0 Å². The number of aliphatic carboxylic acids is 1. The van der Waals surface area contributed by atoms with E-state index in [4.69, 9.17) is 16.7 Å². The highest BCUT2D eigenvalue weighted by Crippen LogP contribution is 2.27. The highest BCUT2D eigenvalue weighted by Gasteiger charge is 2.15. The largest absolute Gasteiger partial charge is 0.480 e. The number of carboxylic acids is 1. The average molecular weight is 373 g/mol. The van der Waals surface area contributed by atoms with Crippen LogP contribution in [-0.2, 0) is 4.79 Å². The number of hydrogen-bond donors (Lipinski definition) is 1. The maximum atomic E-state index is 10.8. The lowest BCUT2D eigenvalue weighted by Crippen LogP contribution is -2.04. The maximum absolute atomic E-state index is 10.8. The lowest BCUT2D eigenvalue weighted by molar-refractivity contribution is -0.136. The van der Waals surface area contributed by atoms with Gasteiger partial charge in [0.2, 0.25) is 0 Å². The summed E-state index contributed by atoms with van der Waals surface area (Å²) in [6.45, 7) is 0. The average Bonchev–Trinajstić information content (AvgIpc) is 2.38. The zero-order chi connectivity index (χ0) is 13.1. The first kappa shape index (κ1) is 13.4. The number of alkyl halides is 1. The van der Waals surface area contributed by atoms with Gasteiger partial charge in [-0.2, -0.15) is 0 Å². The van der Waals surface area contributed by atoms with Crippen molar-refractivity contribution >= 4 is 40.2 Å². The zero-order valence-corrected chi connectivity index (χ0v) is 12.2. The van der Waals surface area contributed by atoms with E-state index in [1.54, 1.807) is 12.1 Å². The predicted molar refractivity (Wildman–Crippen MR) is 80.8 cm³/mol. The van der Waals surface area contributed by atoms with E-state index < -0.39 is 11.3 Å². The summed E-state index contributed by atoms with van der Waals surface area (Å²) in [6, 6.07) is 15.3. The van der Waals surface area contributed by atoms with Crippen LogP contribution in [0.15, 0.2) is 48.5 Å². The summed E-state index contributed by atoms with van der Waals surface area (Å²) in [7, 11) is 0. The Morgan fingerprint density at radius 1 is 1.11 bits per heavy atom. The molecular formula is C14H10ClIO2. The van der Waals surface area contributed by atoms with Crippen molar-refractivity contribution in [3.05, 3.63) is 57.7 Å². The molecule has 2 aromatic carbocycles. The lowest BCUT2D eigenvalue weighted by Gasteiger charge is -2.08. The Kier molecular flexibility index (Phi) is 4.24. The minimum absolute atomic E-state index is 0.596. The van der Waals surface area contributed by atoms with Gasteiger partial charge >= 0.3 is 5.97 Å². The van der Waals surface area contributed by atoms with Gasteiger partial charge in [0, 0.05) is 3.57 Å². The molecule has 0 spiro atoms. The topological polar surface area (TPSA) is 37.3 Å². The van der Waals surface area contributed by atoms with Crippen molar-refractivity contribution < 1.29 is 9.90 Å². The first-order valence-electron chi connectivity index (χ1n) is 5.31. The number of rotatable bonds is 3. The normalized spacial score (nSPS) is 12.1. The van der Waals surface area contributed by atoms with E-state index in [2.05, 4.69) is 22.6 Å². The van der Waals surface area contributed by atoms with Gasteiger partial charge in [-0.25, -0.2) is 0 Å². The fourth-order valence-corrected chi connectivity index (χ4v) is 2.51. The van der Waals surface area contributed by atoms with Gasteiger partial charge in [-0.1, -0.05) is 42.5 Å². The van der Waals surface area contributed by atoms with Crippen LogP contribution in [0.3, 0.4) is 0 Å². The number of carboxylic acid groups (broad SMARTS) is 1. The molecule has 2 rings (SSSR count). The molecule has 0 aliphatic rings. The summed E-state index contributed by atoms with van der Waals surface area (Å²) in [4.78, 5) is 10.8. The molecule has 2 nitrogen and oxygen atoms in total. The van der Waals surface area contributed by atoms with Crippen LogP contribution in [0.4, 0.5) is 0 Å². The molecule has 1 N–H and O–H groups in total. The minimum atomic E-state index is -1.03. The minimum Gasteiger partial charge on any atom is -0.480 e. The van der Waals surface area contributed by atoms with Gasteiger partial charge < -0.3 is 5.11 Å². The maximum Gasteiger partial charge on any atom is 0.326 e. The van der Waals surface area contributed by atoms with Crippen molar-refractivity contribution in [2.45, 2.75) is 5.38 Å². The second kappa shape index (κ2) is 5.71.